The summed E-state index contributed by atoms with van der Waals surface area (Å²) in [6.07, 6.45) is 0. The highest BCUT2D eigenvalue weighted by Gasteiger charge is 2.18. The lowest BCUT2D eigenvalue weighted by Gasteiger charge is -2.23. The number of fused-ring (bicyclic) bond motifs is 2. The van der Waals surface area contributed by atoms with Crippen molar-refractivity contribution >= 4 is 42.9 Å². The van der Waals surface area contributed by atoms with Gasteiger partial charge in [0.2, 0.25) is 0 Å². The van der Waals surface area contributed by atoms with Crippen LogP contribution in [-0.2, 0) is 0 Å². The van der Waals surface area contributed by atoms with E-state index in [0.717, 1.165) is 0 Å². The first-order valence-corrected chi connectivity index (χ1v) is 9.62. The van der Waals surface area contributed by atoms with E-state index in [-0.39, 0.29) is 27.3 Å². The molecule has 1 aromatic heterocycles. The van der Waals surface area contributed by atoms with Gasteiger partial charge in [0, 0.05) is 31.3 Å². The summed E-state index contributed by atoms with van der Waals surface area (Å²) in [5, 5.41) is 6.76. The van der Waals surface area contributed by atoms with E-state index in [4.69, 9.17) is 0 Å². The SMILES string of the molecule is CC(C)(C)Nc1cc2sc3cc(NC(C)(C)C)c(F)cc3c(=O)c2cc1F. The average molecular weight is 390 g/mol. The predicted molar refractivity (Wildman–Crippen MR) is 112 cm³/mol. The molecule has 3 aromatic rings. The maximum atomic E-state index is 14.5. The summed E-state index contributed by atoms with van der Waals surface area (Å²) < 4.78 is 30.3. The van der Waals surface area contributed by atoms with Crippen molar-refractivity contribution in [2.75, 3.05) is 10.6 Å². The Morgan fingerprint density at radius 1 is 0.741 bits per heavy atom. The Labute approximate surface area is 161 Å². The lowest BCUT2D eigenvalue weighted by atomic mass is 10.1. The van der Waals surface area contributed by atoms with Crippen LogP contribution in [0.25, 0.3) is 20.2 Å². The largest absolute Gasteiger partial charge is 0.378 e. The van der Waals surface area contributed by atoms with E-state index in [9.17, 15) is 13.6 Å². The number of nitrogens with one attached hydrogen (secondary N) is 2. The van der Waals surface area contributed by atoms with Gasteiger partial charge in [0.15, 0.2) is 5.43 Å². The van der Waals surface area contributed by atoms with Gasteiger partial charge in [0.1, 0.15) is 11.6 Å². The molecule has 6 heteroatoms. The highest BCUT2D eigenvalue weighted by atomic mass is 32.1. The summed E-state index contributed by atoms with van der Waals surface area (Å²) in [7, 11) is 0. The highest BCUT2D eigenvalue weighted by molar-refractivity contribution is 7.24. The summed E-state index contributed by atoms with van der Waals surface area (Å²) in [6.45, 7) is 11.6. The lowest BCUT2D eigenvalue weighted by molar-refractivity contribution is 0.599. The lowest BCUT2D eigenvalue weighted by Crippen LogP contribution is -2.26. The Hall–Kier alpha value is -2.21. The minimum absolute atomic E-state index is 0.264. The summed E-state index contributed by atoms with van der Waals surface area (Å²) in [5.74, 6) is -0.986. The Morgan fingerprint density at radius 3 is 1.44 bits per heavy atom. The van der Waals surface area contributed by atoms with Crippen molar-refractivity contribution in [1.29, 1.82) is 0 Å². The minimum atomic E-state index is -0.493. The fourth-order valence-corrected chi connectivity index (χ4v) is 4.01. The van der Waals surface area contributed by atoms with E-state index in [0.29, 0.717) is 20.8 Å². The van der Waals surface area contributed by atoms with E-state index < -0.39 is 11.6 Å². The molecule has 0 spiro atoms. The number of hydrogen-bond acceptors (Lipinski definition) is 4. The standard InChI is InChI=1S/C21H24F2N2OS/c1-20(2,3)24-15-9-17-11(7-13(15)22)19(26)12-8-14(23)16(10-18(12)27-17)25-21(4,5)6/h7-10,24-25H,1-6H3. The molecule has 0 aliphatic rings. The molecule has 27 heavy (non-hydrogen) atoms. The second-order valence-corrected chi connectivity index (χ2v) is 9.92. The zero-order valence-corrected chi connectivity index (χ0v) is 17.2. The van der Waals surface area contributed by atoms with Crippen LogP contribution in [-0.4, -0.2) is 11.1 Å². The normalized spacial score (nSPS) is 12.6. The molecule has 0 unspecified atom stereocenters. The molecule has 1 heterocycles. The average Bonchev–Trinajstić information content (AvgIpc) is 2.48. The Morgan fingerprint density at radius 2 is 1.11 bits per heavy atom. The molecule has 0 amide bonds. The first-order chi connectivity index (χ1) is 12.3. The fourth-order valence-electron chi connectivity index (χ4n) is 2.89. The van der Waals surface area contributed by atoms with E-state index in [1.165, 1.54) is 23.5 Å². The second kappa shape index (κ2) is 6.44. The molecule has 0 atom stereocenters. The zero-order valence-electron chi connectivity index (χ0n) is 16.4. The smallest absolute Gasteiger partial charge is 0.196 e. The predicted octanol–water partition coefficient (Wildman–Crippen LogP) is 6.11. The number of benzene rings is 2. The van der Waals surface area contributed by atoms with Crippen LogP contribution in [0.1, 0.15) is 41.5 Å². The molecule has 0 saturated carbocycles. The quantitative estimate of drug-likeness (QED) is 0.519. The van der Waals surface area contributed by atoms with E-state index in [1.54, 1.807) is 12.1 Å². The van der Waals surface area contributed by atoms with Crippen LogP contribution in [0.2, 0.25) is 0 Å². The van der Waals surface area contributed by atoms with Crippen molar-refractivity contribution in [1.82, 2.24) is 0 Å². The molecule has 0 radical (unpaired) electrons. The van der Waals surface area contributed by atoms with Gasteiger partial charge >= 0.3 is 0 Å². The van der Waals surface area contributed by atoms with Crippen LogP contribution in [0.4, 0.5) is 20.2 Å². The highest BCUT2D eigenvalue weighted by Crippen LogP contribution is 2.33. The Kier molecular flexibility index (Phi) is 4.67. The van der Waals surface area contributed by atoms with Crippen LogP contribution in [0.15, 0.2) is 29.1 Å². The number of halogens is 2. The van der Waals surface area contributed by atoms with E-state index in [2.05, 4.69) is 10.6 Å². The van der Waals surface area contributed by atoms with Gasteiger partial charge in [0.25, 0.3) is 0 Å². The second-order valence-electron chi connectivity index (χ2n) is 8.84. The molecule has 0 aliphatic heterocycles. The van der Waals surface area contributed by atoms with E-state index >= 15 is 0 Å². The molecule has 3 nitrogen and oxygen atoms in total. The molecule has 0 saturated heterocycles. The minimum Gasteiger partial charge on any atom is -0.378 e. The van der Waals surface area contributed by atoms with Gasteiger partial charge in [-0.3, -0.25) is 4.79 Å². The van der Waals surface area contributed by atoms with Crippen molar-refractivity contribution < 1.29 is 8.78 Å². The van der Waals surface area contributed by atoms with Gasteiger partial charge in [-0.1, -0.05) is 0 Å². The van der Waals surface area contributed by atoms with Crippen LogP contribution < -0.4 is 16.1 Å². The topological polar surface area (TPSA) is 41.1 Å². The number of rotatable bonds is 2. The van der Waals surface area contributed by atoms with Crippen molar-refractivity contribution in [2.45, 2.75) is 52.6 Å². The zero-order chi connectivity index (χ0) is 20.1. The Balaban J connectivity index is 2.25. The van der Waals surface area contributed by atoms with E-state index in [1.807, 2.05) is 41.5 Å². The summed E-state index contributed by atoms with van der Waals surface area (Å²) in [6, 6.07) is 5.78. The third kappa shape index (κ3) is 4.21. The van der Waals surface area contributed by atoms with Crippen LogP contribution in [0.3, 0.4) is 0 Å². The maximum absolute atomic E-state index is 14.5. The first-order valence-electron chi connectivity index (χ1n) is 8.80. The molecule has 2 aromatic carbocycles. The van der Waals surface area contributed by atoms with Gasteiger partial charge in [-0.25, -0.2) is 8.78 Å². The molecule has 3 rings (SSSR count). The number of anilines is 2. The molecule has 0 aliphatic carbocycles. The van der Waals surface area contributed by atoms with Crippen molar-refractivity contribution in [3.05, 3.63) is 46.1 Å². The molecule has 0 fully saturated rings. The van der Waals surface area contributed by atoms with Crippen LogP contribution >= 0.6 is 11.3 Å². The monoisotopic (exact) mass is 390 g/mol. The molecule has 144 valence electrons. The van der Waals surface area contributed by atoms with Crippen molar-refractivity contribution in [3.63, 3.8) is 0 Å². The van der Waals surface area contributed by atoms with Gasteiger partial charge in [-0.15, -0.1) is 11.3 Å². The molecular formula is C21H24F2N2OS. The van der Waals surface area contributed by atoms with Gasteiger partial charge < -0.3 is 10.6 Å². The van der Waals surface area contributed by atoms with Gasteiger partial charge in [0.05, 0.1) is 11.4 Å². The van der Waals surface area contributed by atoms with Crippen molar-refractivity contribution in [2.24, 2.45) is 0 Å². The summed E-state index contributed by atoms with van der Waals surface area (Å²) in [4.78, 5) is 12.8. The van der Waals surface area contributed by atoms with Crippen molar-refractivity contribution in [3.8, 4) is 0 Å². The summed E-state index contributed by atoms with van der Waals surface area (Å²) >= 11 is 1.35. The number of hydrogen-bond donors (Lipinski definition) is 2. The third-order valence-corrected chi connectivity index (χ3v) is 4.98. The van der Waals surface area contributed by atoms with Gasteiger partial charge in [-0.05, 0) is 65.8 Å². The van der Waals surface area contributed by atoms with Crippen LogP contribution in [0.5, 0.6) is 0 Å². The third-order valence-electron chi connectivity index (χ3n) is 3.87. The molecule has 0 bridgehead atoms. The van der Waals surface area contributed by atoms with Gasteiger partial charge in [-0.2, -0.15) is 0 Å². The van der Waals surface area contributed by atoms with Crippen LogP contribution in [0, 0.1) is 11.6 Å². The first kappa shape index (κ1) is 19.5. The summed E-state index contributed by atoms with van der Waals surface area (Å²) in [5.41, 5.74) is -0.298. The Bertz CT molecular complexity index is 1010. The molecule has 2 N–H and O–H groups in total. The molecular weight excluding hydrogens is 366 g/mol. The maximum Gasteiger partial charge on any atom is 0.196 e. The fraction of sp³-hybridized carbons (Fsp3) is 0.381.